The molecule has 0 aliphatic heterocycles. The summed E-state index contributed by atoms with van der Waals surface area (Å²) in [4.78, 5) is 12.2. The minimum Gasteiger partial charge on any atom is -0.355 e. The smallest absolute Gasteiger partial charge is 0.236 e. The van der Waals surface area contributed by atoms with Crippen molar-refractivity contribution in [2.45, 2.75) is 39.3 Å². The molecule has 0 unspecified atom stereocenters. The first kappa shape index (κ1) is 17.2. The molecule has 0 aliphatic rings. The van der Waals surface area contributed by atoms with Crippen molar-refractivity contribution in [1.82, 2.24) is 10.6 Å². The lowest BCUT2D eigenvalue weighted by Gasteiger charge is -2.24. The number of amides is 1. The molecule has 2 atom stereocenters. The summed E-state index contributed by atoms with van der Waals surface area (Å²) in [7, 11) is 0. The predicted molar refractivity (Wildman–Crippen MR) is 95.4 cm³/mol. The molecule has 0 bridgehead atoms. The second kappa shape index (κ2) is 8.49. The molecule has 1 amide bonds. The third kappa shape index (κ3) is 4.93. The Morgan fingerprint density at radius 1 is 1.00 bits per heavy atom. The minimum absolute atomic E-state index is 0.000762. The Bertz CT molecular complexity index is 607. The van der Waals surface area contributed by atoms with Gasteiger partial charge in [-0.1, -0.05) is 67.1 Å². The third-order valence-electron chi connectivity index (χ3n) is 3.90. The summed E-state index contributed by atoms with van der Waals surface area (Å²) in [5.74, 6) is 0.0416. The maximum Gasteiger partial charge on any atom is 0.236 e. The molecule has 2 aromatic carbocycles. The van der Waals surface area contributed by atoms with Crippen LogP contribution in [0, 0.1) is 6.92 Å². The van der Waals surface area contributed by atoms with Crippen LogP contribution in [0.25, 0.3) is 0 Å². The molecule has 0 saturated heterocycles. The topological polar surface area (TPSA) is 41.1 Å². The van der Waals surface area contributed by atoms with Crippen molar-refractivity contribution >= 4 is 5.91 Å². The lowest BCUT2D eigenvalue weighted by molar-refractivity contribution is -0.122. The van der Waals surface area contributed by atoms with Gasteiger partial charge in [0, 0.05) is 6.54 Å². The fraction of sp³-hybridized carbons (Fsp3) is 0.350. The van der Waals surface area contributed by atoms with Gasteiger partial charge < -0.3 is 5.32 Å². The Labute approximate surface area is 139 Å². The quantitative estimate of drug-likeness (QED) is 0.820. The zero-order valence-corrected chi connectivity index (χ0v) is 14.2. The molecule has 3 nitrogen and oxygen atoms in total. The SMILES string of the molecule is CCCNC(=O)[C@H](C)N[C@H](c1ccccc1)c1ccc(C)cc1. The Kier molecular flexibility index (Phi) is 6.36. The summed E-state index contributed by atoms with van der Waals surface area (Å²) in [6, 6.07) is 18.4. The highest BCUT2D eigenvalue weighted by Gasteiger charge is 2.20. The van der Waals surface area contributed by atoms with Crippen LogP contribution in [0.2, 0.25) is 0 Å². The average Bonchev–Trinajstić information content (AvgIpc) is 2.59. The molecule has 0 heterocycles. The Hall–Kier alpha value is -2.13. The lowest BCUT2D eigenvalue weighted by Crippen LogP contribution is -2.44. The van der Waals surface area contributed by atoms with Gasteiger partial charge in [-0.05, 0) is 31.4 Å². The third-order valence-corrected chi connectivity index (χ3v) is 3.90. The van der Waals surface area contributed by atoms with Gasteiger partial charge in [0.2, 0.25) is 5.91 Å². The molecular weight excluding hydrogens is 284 g/mol. The lowest BCUT2D eigenvalue weighted by atomic mass is 9.97. The van der Waals surface area contributed by atoms with Crippen molar-refractivity contribution in [1.29, 1.82) is 0 Å². The summed E-state index contributed by atoms with van der Waals surface area (Å²) in [5, 5.41) is 6.41. The molecule has 3 heteroatoms. The molecule has 0 fully saturated rings. The maximum atomic E-state index is 12.2. The first-order chi connectivity index (χ1) is 11.1. The normalized spacial score (nSPS) is 13.3. The maximum absolute atomic E-state index is 12.2. The van der Waals surface area contributed by atoms with Crippen molar-refractivity contribution < 1.29 is 4.79 Å². The van der Waals surface area contributed by atoms with E-state index in [-0.39, 0.29) is 18.0 Å². The number of benzene rings is 2. The largest absolute Gasteiger partial charge is 0.355 e. The van der Waals surface area contributed by atoms with Gasteiger partial charge in [0.1, 0.15) is 0 Å². The first-order valence-electron chi connectivity index (χ1n) is 8.27. The summed E-state index contributed by atoms with van der Waals surface area (Å²) in [6.07, 6.45) is 0.943. The monoisotopic (exact) mass is 310 g/mol. The Morgan fingerprint density at radius 3 is 2.22 bits per heavy atom. The van der Waals surface area contributed by atoms with E-state index in [4.69, 9.17) is 0 Å². The Balaban J connectivity index is 2.20. The van der Waals surface area contributed by atoms with E-state index in [1.54, 1.807) is 0 Å². The second-order valence-corrected chi connectivity index (χ2v) is 5.93. The number of aryl methyl sites for hydroxylation is 1. The van der Waals surface area contributed by atoms with Gasteiger partial charge in [0.25, 0.3) is 0 Å². The number of carbonyl (C=O) groups excluding carboxylic acids is 1. The van der Waals surface area contributed by atoms with Gasteiger partial charge in [-0.15, -0.1) is 0 Å². The van der Waals surface area contributed by atoms with Crippen LogP contribution in [0.4, 0.5) is 0 Å². The van der Waals surface area contributed by atoms with Crippen molar-refractivity contribution in [2.24, 2.45) is 0 Å². The highest BCUT2D eigenvalue weighted by molar-refractivity contribution is 5.81. The van der Waals surface area contributed by atoms with Crippen LogP contribution >= 0.6 is 0 Å². The van der Waals surface area contributed by atoms with E-state index in [9.17, 15) is 4.79 Å². The van der Waals surface area contributed by atoms with E-state index in [0.717, 1.165) is 17.5 Å². The molecule has 2 rings (SSSR count). The van der Waals surface area contributed by atoms with Gasteiger partial charge in [-0.2, -0.15) is 0 Å². The van der Waals surface area contributed by atoms with Crippen LogP contribution in [0.1, 0.15) is 43.0 Å². The molecule has 0 radical (unpaired) electrons. The molecule has 23 heavy (non-hydrogen) atoms. The highest BCUT2D eigenvalue weighted by atomic mass is 16.2. The van der Waals surface area contributed by atoms with Crippen LogP contribution < -0.4 is 10.6 Å². The zero-order valence-electron chi connectivity index (χ0n) is 14.2. The van der Waals surface area contributed by atoms with Gasteiger partial charge in [-0.25, -0.2) is 0 Å². The second-order valence-electron chi connectivity index (χ2n) is 5.93. The summed E-state index contributed by atoms with van der Waals surface area (Å²) >= 11 is 0. The van der Waals surface area contributed by atoms with Crippen molar-refractivity contribution in [3.63, 3.8) is 0 Å². The number of rotatable bonds is 7. The molecule has 0 spiro atoms. The van der Waals surface area contributed by atoms with E-state index >= 15 is 0 Å². The number of hydrogen-bond donors (Lipinski definition) is 2. The fourth-order valence-corrected chi connectivity index (χ4v) is 2.52. The van der Waals surface area contributed by atoms with E-state index in [1.165, 1.54) is 5.56 Å². The molecule has 0 aromatic heterocycles. The summed E-state index contributed by atoms with van der Waals surface area (Å²) < 4.78 is 0. The van der Waals surface area contributed by atoms with Crippen LogP contribution in [0.15, 0.2) is 54.6 Å². The fourth-order valence-electron chi connectivity index (χ4n) is 2.52. The van der Waals surface area contributed by atoms with Crippen molar-refractivity contribution in [3.8, 4) is 0 Å². The van der Waals surface area contributed by atoms with Crippen LogP contribution in [0.3, 0.4) is 0 Å². The van der Waals surface area contributed by atoms with E-state index < -0.39 is 0 Å². The van der Waals surface area contributed by atoms with E-state index in [2.05, 4.69) is 60.9 Å². The predicted octanol–water partition coefficient (Wildman–Crippen LogP) is 3.59. The molecule has 122 valence electrons. The van der Waals surface area contributed by atoms with Gasteiger partial charge in [-0.3, -0.25) is 10.1 Å². The van der Waals surface area contributed by atoms with Gasteiger partial charge in [0.05, 0.1) is 12.1 Å². The average molecular weight is 310 g/mol. The molecule has 2 aromatic rings. The summed E-state index contributed by atoms with van der Waals surface area (Å²) in [6.45, 7) is 6.76. The number of carbonyl (C=O) groups is 1. The minimum atomic E-state index is -0.256. The highest BCUT2D eigenvalue weighted by Crippen LogP contribution is 2.23. The van der Waals surface area contributed by atoms with Crippen molar-refractivity contribution in [2.75, 3.05) is 6.54 Å². The van der Waals surface area contributed by atoms with Crippen molar-refractivity contribution in [3.05, 3.63) is 71.3 Å². The van der Waals surface area contributed by atoms with Gasteiger partial charge >= 0.3 is 0 Å². The molecular formula is C20H26N2O. The van der Waals surface area contributed by atoms with E-state index in [1.807, 2.05) is 25.1 Å². The van der Waals surface area contributed by atoms with Gasteiger partial charge in [0.15, 0.2) is 0 Å². The first-order valence-corrected chi connectivity index (χ1v) is 8.27. The molecule has 0 saturated carbocycles. The number of nitrogens with one attached hydrogen (secondary N) is 2. The number of hydrogen-bond acceptors (Lipinski definition) is 2. The van der Waals surface area contributed by atoms with Crippen LogP contribution in [-0.2, 0) is 4.79 Å². The molecule has 0 aliphatic carbocycles. The standard InChI is InChI=1S/C20H26N2O/c1-4-14-21-20(23)16(3)22-19(17-8-6-5-7-9-17)18-12-10-15(2)11-13-18/h5-13,16,19,22H,4,14H2,1-3H3,(H,21,23)/t16-,19+/m0/s1. The van der Waals surface area contributed by atoms with Crippen LogP contribution in [-0.4, -0.2) is 18.5 Å². The van der Waals surface area contributed by atoms with Crippen LogP contribution in [0.5, 0.6) is 0 Å². The zero-order chi connectivity index (χ0) is 16.7. The Morgan fingerprint density at radius 2 is 1.61 bits per heavy atom. The molecule has 2 N–H and O–H groups in total. The van der Waals surface area contributed by atoms with E-state index in [0.29, 0.717) is 6.54 Å². The summed E-state index contributed by atoms with van der Waals surface area (Å²) in [5.41, 5.74) is 3.55.